The molecule has 0 saturated carbocycles. The third-order valence-corrected chi connectivity index (χ3v) is 5.57. The van der Waals surface area contributed by atoms with Gasteiger partial charge in [-0.1, -0.05) is 41.4 Å². The standard InChI is InChI=1S/C21H22BrN3OS/c1-4-5-17-12-15(10-11-23-17)21-25-18(14-6-8-16(22)9-7-14)19(27-21)20(26)24-13(2)3/h6-13H,4-5H2,1-3H3,(H,24,26). The van der Waals surface area contributed by atoms with Gasteiger partial charge in [-0.25, -0.2) is 4.98 Å². The van der Waals surface area contributed by atoms with Crippen molar-refractivity contribution in [2.75, 3.05) is 0 Å². The summed E-state index contributed by atoms with van der Waals surface area (Å²) in [7, 11) is 0. The summed E-state index contributed by atoms with van der Waals surface area (Å²) in [4.78, 5) is 22.6. The van der Waals surface area contributed by atoms with E-state index in [1.54, 1.807) is 0 Å². The first-order valence-corrected chi connectivity index (χ1v) is 10.6. The number of carbonyl (C=O) groups is 1. The summed E-state index contributed by atoms with van der Waals surface area (Å²) < 4.78 is 0.994. The van der Waals surface area contributed by atoms with E-state index >= 15 is 0 Å². The van der Waals surface area contributed by atoms with Crippen LogP contribution in [0.2, 0.25) is 0 Å². The quantitative estimate of drug-likeness (QED) is 0.529. The lowest BCUT2D eigenvalue weighted by molar-refractivity contribution is 0.0947. The van der Waals surface area contributed by atoms with Crippen molar-refractivity contribution in [1.29, 1.82) is 0 Å². The maximum absolute atomic E-state index is 12.8. The van der Waals surface area contributed by atoms with Gasteiger partial charge < -0.3 is 5.32 Å². The molecule has 0 bridgehead atoms. The molecule has 0 atom stereocenters. The molecule has 0 aliphatic carbocycles. The minimum Gasteiger partial charge on any atom is -0.349 e. The molecule has 2 aromatic heterocycles. The topological polar surface area (TPSA) is 54.9 Å². The first-order valence-electron chi connectivity index (χ1n) is 9.01. The van der Waals surface area contributed by atoms with Crippen molar-refractivity contribution in [3.8, 4) is 21.8 Å². The Hall–Kier alpha value is -2.05. The molecule has 27 heavy (non-hydrogen) atoms. The fraction of sp³-hybridized carbons (Fsp3) is 0.286. The molecule has 0 aliphatic heterocycles. The number of halogens is 1. The Morgan fingerprint density at radius 1 is 1.19 bits per heavy atom. The third-order valence-electron chi connectivity index (χ3n) is 3.94. The van der Waals surface area contributed by atoms with Gasteiger partial charge in [0.15, 0.2) is 0 Å². The Morgan fingerprint density at radius 3 is 2.59 bits per heavy atom. The van der Waals surface area contributed by atoms with E-state index < -0.39 is 0 Å². The van der Waals surface area contributed by atoms with Gasteiger partial charge in [0.1, 0.15) is 9.88 Å². The molecule has 1 N–H and O–H groups in total. The first-order chi connectivity index (χ1) is 13.0. The highest BCUT2D eigenvalue weighted by atomic mass is 79.9. The van der Waals surface area contributed by atoms with Crippen molar-refractivity contribution in [3.05, 3.63) is 57.6 Å². The lowest BCUT2D eigenvalue weighted by Gasteiger charge is -2.08. The van der Waals surface area contributed by atoms with Crippen molar-refractivity contribution in [2.45, 2.75) is 39.7 Å². The fourth-order valence-electron chi connectivity index (χ4n) is 2.73. The molecule has 1 amide bonds. The molecule has 3 rings (SSSR count). The summed E-state index contributed by atoms with van der Waals surface area (Å²) in [6, 6.07) is 12.0. The highest BCUT2D eigenvalue weighted by Gasteiger charge is 2.21. The molecular weight excluding hydrogens is 422 g/mol. The van der Waals surface area contributed by atoms with Crippen LogP contribution in [0.25, 0.3) is 21.8 Å². The predicted molar refractivity (Wildman–Crippen MR) is 115 cm³/mol. The van der Waals surface area contributed by atoms with Gasteiger partial charge in [-0.2, -0.15) is 0 Å². The number of nitrogens with zero attached hydrogens (tertiary/aromatic N) is 2. The lowest BCUT2D eigenvalue weighted by Crippen LogP contribution is -2.29. The summed E-state index contributed by atoms with van der Waals surface area (Å²) in [5.74, 6) is -0.0884. The van der Waals surface area contributed by atoms with E-state index in [4.69, 9.17) is 4.98 Å². The van der Waals surface area contributed by atoms with Crippen LogP contribution in [0.5, 0.6) is 0 Å². The van der Waals surface area contributed by atoms with Crippen LogP contribution in [-0.4, -0.2) is 21.9 Å². The zero-order valence-electron chi connectivity index (χ0n) is 15.6. The lowest BCUT2D eigenvalue weighted by atomic mass is 10.1. The van der Waals surface area contributed by atoms with Crippen LogP contribution in [0, 0.1) is 0 Å². The average molecular weight is 444 g/mol. The molecule has 6 heteroatoms. The summed E-state index contributed by atoms with van der Waals surface area (Å²) in [5, 5.41) is 3.82. The van der Waals surface area contributed by atoms with Gasteiger partial charge in [0, 0.05) is 33.5 Å². The van der Waals surface area contributed by atoms with Gasteiger partial charge in [-0.15, -0.1) is 11.3 Å². The second-order valence-corrected chi connectivity index (χ2v) is 8.53. The van der Waals surface area contributed by atoms with E-state index in [1.807, 2.05) is 50.4 Å². The van der Waals surface area contributed by atoms with Crippen LogP contribution in [0.4, 0.5) is 0 Å². The number of hydrogen-bond acceptors (Lipinski definition) is 4. The van der Waals surface area contributed by atoms with E-state index in [2.05, 4.69) is 39.2 Å². The van der Waals surface area contributed by atoms with Crippen LogP contribution in [0.15, 0.2) is 47.1 Å². The Balaban J connectivity index is 2.07. The summed E-state index contributed by atoms with van der Waals surface area (Å²) in [5.41, 5.74) is 3.69. The maximum atomic E-state index is 12.8. The molecule has 0 aliphatic rings. The number of aryl methyl sites for hydroxylation is 1. The highest BCUT2D eigenvalue weighted by molar-refractivity contribution is 9.10. The van der Waals surface area contributed by atoms with Gasteiger partial charge in [0.05, 0.1) is 5.69 Å². The number of hydrogen-bond donors (Lipinski definition) is 1. The van der Waals surface area contributed by atoms with Crippen molar-refractivity contribution < 1.29 is 4.79 Å². The SMILES string of the molecule is CCCc1cc(-c2nc(-c3ccc(Br)cc3)c(C(=O)NC(C)C)s2)ccn1. The number of rotatable bonds is 6. The van der Waals surface area contributed by atoms with Crippen LogP contribution < -0.4 is 5.32 Å². The van der Waals surface area contributed by atoms with Crippen LogP contribution in [0.1, 0.15) is 42.6 Å². The smallest absolute Gasteiger partial charge is 0.263 e. The normalized spacial score (nSPS) is 11.0. The number of carbonyl (C=O) groups excluding carboxylic acids is 1. The van der Waals surface area contributed by atoms with E-state index in [0.717, 1.165) is 44.8 Å². The van der Waals surface area contributed by atoms with E-state index in [-0.39, 0.29) is 11.9 Å². The Morgan fingerprint density at radius 2 is 1.93 bits per heavy atom. The maximum Gasteiger partial charge on any atom is 0.263 e. The van der Waals surface area contributed by atoms with Gasteiger partial charge >= 0.3 is 0 Å². The van der Waals surface area contributed by atoms with Crippen molar-refractivity contribution >= 4 is 33.2 Å². The second-order valence-electron chi connectivity index (χ2n) is 6.62. The molecule has 0 radical (unpaired) electrons. The first kappa shape index (κ1) is 19.7. The summed E-state index contributed by atoms with van der Waals surface area (Å²) >= 11 is 4.88. The monoisotopic (exact) mass is 443 g/mol. The number of benzene rings is 1. The van der Waals surface area contributed by atoms with Crippen molar-refractivity contribution in [3.63, 3.8) is 0 Å². The molecule has 3 aromatic rings. The second kappa shape index (κ2) is 8.76. The van der Waals surface area contributed by atoms with E-state index in [9.17, 15) is 4.79 Å². The number of thiazole rings is 1. The molecule has 4 nitrogen and oxygen atoms in total. The van der Waals surface area contributed by atoms with Crippen LogP contribution in [-0.2, 0) is 6.42 Å². The summed E-state index contributed by atoms with van der Waals surface area (Å²) in [6.07, 6.45) is 3.79. The van der Waals surface area contributed by atoms with Gasteiger partial charge in [0.2, 0.25) is 0 Å². The fourth-order valence-corrected chi connectivity index (χ4v) is 3.98. The van der Waals surface area contributed by atoms with E-state index in [0.29, 0.717) is 4.88 Å². The molecule has 2 heterocycles. The number of pyridine rings is 1. The highest BCUT2D eigenvalue weighted by Crippen LogP contribution is 2.34. The number of aromatic nitrogens is 2. The Labute approximate surface area is 172 Å². The zero-order chi connectivity index (χ0) is 19.4. The van der Waals surface area contributed by atoms with Gasteiger partial charge in [0.25, 0.3) is 5.91 Å². The van der Waals surface area contributed by atoms with Gasteiger partial charge in [-0.05, 0) is 44.5 Å². The van der Waals surface area contributed by atoms with Crippen LogP contribution in [0.3, 0.4) is 0 Å². The molecule has 0 spiro atoms. The third kappa shape index (κ3) is 4.82. The number of amides is 1. The minimum atomic E-state index is -0.0884. The zero-order valence-corrected chi connectivity index (χ0v) is 18.0. The minimum absolute atomic E-state index is 0.0675. The Kier molecular flexibility index (Phi) is 6.39. The average Bonchev–Trinajstić information content (AvgIpc) is 3.08. The van der Waals surface area contributed by atoms with E-state index in [1.165, 1.54) is 11.3 Å². The molecule has 0 saturated heterocycles. The molecule has 140 valence electrons. The van der Waals surface area contributed by atoms with Crippen molar-refractivity contribution in [1.82, 2.24) is 15.3 Å². The Bertz CT molecular complexity index is 935. The molecule has 0 unspecified atom stereocenters. The predicted octanol–water partition coefficient (Wildman–Crippen LogP) is 5.73. The molecule has 1 aromatic carbocycles. The van der Waals surface area contributed by atoms with Gasteiger partial charge in [-0.3, -0.25) is 9.78 Å². The largest absolute Gasteiger partial charge is 0.349 e. The van der Waals surface area contributed by atoms with Crippen molar-refractivity contribution in [2.24, 2.45) is 0 Å². The van der Waals surface area contributed by atoms with Crippen LogP contribution >= 0.6 is 27.3 Å². The molecule has 0 fully saturated rings. The summed E-state index contributed by atoms with van der Waals surface area (Å²) in [6.45, 7) is 6.05. The number of nitrogens with one attached hydrogen (secondary N) is 1. The molecular formula is C21H22BrN3OS.